The number of aliphatic hydroxyl groups excluding tert-OH is 2. The van der Waals surface area contributed by atoms with Gasteiger partial charge in [-0.2, -0.15) is 0 Å². The zero-order valence-corrected chi connectivity index (χ0v) is 11.4. The van der Waals surface area contributed by atoms with Gasteiger partial charge in [-0.1, -0.05) is 23.7 Å². The molecule has 0 amide bonds. The van der Waals surface area contributed by atoms with E-state index in [2.05, 4.69) is 10.2 Å². The molecule has 7 heteroatoms. The average Bonchev–Trinajstić information content (AvgIpc) is 2.98. The highest BCUT2D eigenvalue weighted by Crippen LogP contribution is 2.26. The fraction of sp³-hybridized carbons (Fsp3) is 0.385. The van der Waals surface area contributed by atoms with E-state index in [1.54, 1.807) is 6.07 Å². The van der Waals surface area contributed by atoms with Gasteiger partial charge in [0.25, 0.3) is 0 Å². The highest BCUT2D eigenvalue weighted by atomic mass is 35.5. The normalized spacial score (nSPS) is 23.4. The lowest BCUT2D eigenvalue weighted by atomic mass is 10.2. The first-order chi connectivity index (χ1) is 9.63. The molecule has 2 heterocycles. The lowest BCUT2D eigenvalue weighted by Crippen LogP contribution is -2.22. The van der Waals surface area contributed by atoms with E-state index in [1.165, 1.54) is 0 Å². The molecule has 1 aromatic heterocycles. The minimum absolute atomic E-state index is 0.367. The summed E-state index contributed by atoms with van der Waals surface area (Å²) in [7, 11) is 0. The number of aromatic nitrogens is 2. The molecular formula is C13H14ClN3O3. The van der Waals surface area contributed by atoms with E-state index < -0.39 is 12.2 Å². The maximum Gasteiger partial charge on any atom is 0.249 e. The summed E-state index contributed by atoms with van der Waals surface area (Å²) >= 11 is 6.07. The molecule has 1 aliphatic rings. The van der Waals surface area contributed by atoms with Crippen molar-refractivity contribution in [1.82, 2.24) is 15.1 Å². The van der Waals surface area contributed by atoms with Crippen LogP contribution in [0.25, 0.3) is 11.5 Å². The van der Waals surface area contributed by atoms with Crippen LogP contribution in [-0.2, 0) is 6.54 Å². The minimum atomic E-state index is -0.721. The van der Waals surface area contributed by atoms with Crippen LogP contribution < -0.4 is 0 Å². The number of aliphatic hydroxyl groups is 2. The van der Waals surface area contributed by atoms with Gasteiger partial charge in [0.15, 0.2) is 0 Å². The molecule has 1 aromatic carbocycles. The molecular weight excluding hydrogens is 282 g/mol. The second-order valence-corrected chi connectivity index (χ2v) is 5.22. The minimum Gasteiger partial charge on any atom is -0.419 e. The van der Waals surface area contributed by atoms with Gasteiger partial charge in [0.2, 0.25) is 11.8 Å². The van der Waals surface area contributed by atoms with Gasteiger partial charge in [-0.3, -0.25) is 4.90 Å². The number of benzene rings is 1. The van der Waals surface area contributed by atoms with Crippen LogP contribution in [0.5, 0.6) is 0 Å². The van der Waals surface area contributed by atoms with Crippen molar-refractivity contribution in [2.24, 2.45) is 0 Å². The Kier molecular flexibility index (Phi) is 3.71. The molecule has 0 aliphatic carbocycles. The number of halogens is 1. The predicted octanol–water partition coefficient (Wildman–Crippen LogP) is 0.927. The molecule has 0 bridgehead atoms. The Bertz CT molecular complexity index is 594. The van der Waals surface area contributed by atoms with E-state index in [0.717, 1.165) is 0 Å². The average molecular weight is 296 g/mol. The first-order valence-corrected chi connectivity index (χ1v) is 6.67. The van der Waals surface area contributed by atoms with Gasteiger partial charge in [-0.15, -0.1) is 10.2 Å². The summed E-state index contributed by atoms with van der Waals surface area (Å²) in [5, 5.41) is 27.5. The van der Waals surface area contributed by atoms with Crippen molar-refractivity contribution in [3.05, 3.63) is 35.2 Å². The van der Waals surface area contributed by atoms with Crippen molar-refractivity contribution in [3.8, 4) is 11.5 Å². The van der Waals surface area contributed by atoms with Crippen LogP contribution in [-0.4, -0.2) is 50.6 Å². The third kappa shape index (κ3) is 2.69. The van der Waals surface area contributed by atoms with Gasteiger partial charge in [0, 0.05) is 13.1 Å². The molecule has 20 heavy (non-hydrogen) atoms. The lowest BCUT2D eigenvalue weighted by molar-refractivity contribution is 0.0572. The van der Waals surface area contributed by atoms with Crippen LogP contribution in [0.15, 0.2) is 28.7 Å². The number of likely N-dealkylation sites (tertiary alicyclic amines) is 1. The fourth-order valence-electron chi connectivity index (χ4n) is 2.23. The SMILES string of the molecule is OC1CN(Cc2nnc(-c3ccccc3Cl)o2)CC1O. The molecule has 0 spiro atoms. The molecule has 1 aliphatic heterocycles. The zero-order valence-electron chi connectivity index (χ0n) is 10.6. The number of β-amino-alcohol motifs (C(OH)–C–C–N with tert-alkyl or cyclic N) is 2. The molecule has 1 saturated heterocycles. The van der Waals surface area contributed by atoms with Gasteiger partial charge in [0.1, 0.15) is 0 Å². The largest absolute Gasteiger partial charge is 0.419 e. The van der Waals surface area contributed by atoms with E-state index in [-0.39, 0.29) is 0 Å². The van der Waals surface area contributed by atoms with Crippen LogP contribution >= 0.6 is 11.6 Å². The van der Waals surface area contributed by atoms with E-state index >= 15 is 0 Å². The van der Waals surface area contributed by atoms with E-state index in [9.17, 15) is 10.2 Å². The molecule has 106 valence electrons. The summed E-state index contributed by atoms with van der Waals surface area (Å²) in [6, 6.07) is 7.24. The van der Waals surface area contributed by atoms with Crippen LogP contribution in [0.2, 0.25) is 5.02 Å². The van der Waals surface area contributed by atoms with Crippen LogP contribution in [0.4, 0.5) is 0 Å². The van der Waals surface area contributed by atoms with Gasteiger partial charge >= 0.3 is 0 Å². The van der Waals surface area contributed by atoms with Crippen molar-refractivity contribution < 1.29 is 14.6 Å². The molecule has 2 aromatic rings. The zero-order chi connectivity index (χ0) is 14.1. The monoisotopic (exact) mass is 295 g/mol. The summed E-state index contributed by atoms with van der Waals surface area (Å²) < 4.78 is 5.57. The molecule has 1 fully saturated rings. The van der Waals surface area contributed by atoms with Gasteiger partial charge in [0.05, 0.1) is 29.3 Å². The number of hydrogen-bond donors (Lipinski definition) is 2. The highest BCUT2D eigenvalue weighted by molar-refractivity contribution is 6.33. The second-order valence-electron chi connectivity index (χ2n) is 4.81. The third-order valence-electron chi connectivity index (χ3n) is 3.26. The Morgan fingerprint density at radius 2 is 1.90 bits per heavy atom. The Labute approximate surface area is 120 Å². The summed E-state index contributed by atoms with van der Waals surface area (Å²) in [4.78, 5) is 1.86. The standard InChI is InChI=1S/C13H14ClN3O3/c14-9-4-2-1-3-8(9)13-16-15-12(20-13)7-17-5-10(18)11(19)6-17/h1-4,10-11,18-19H,5-7H2. The Balaban J connectivity index is 1.73. The molecule has 3 rings (SSSR count). The van der Waals surface area contributed by atoms with Crippen LogP contribution in [0, 0.1) is 0 Å². The Morgan fingerprint density at radius 3 is 2.60 bits per heavy atom. The smallest absolute Gasteiger partial charge is 0.249 e. The fourth-order valence-corrected chi connectivity index (χ4v) is 2.44. The molecule has 2 N–H and O–H groups in total. The quantitative estimate of drug-likeness (QED) is 0.876. The number of rotatable bonds is 3. The first-order valence-electron chi connectivity index (χ1n) is 6.29. The van der Waals surface area contributed by atoms with Crippen molar-refractivity contribution in [1.29, 1.82) is 0 Å². The predicted molar refractivity (Wildman–Crippen MR) is 72.0 cm³/mol. The first kappa shape index (κ1) is 13.5. The lowest BCUT2D eigenvalue weighted by Gasteiger charge is -2.10. The molecule has 0 saturated carbocycles. The summed E-state index contributed by atoms with van der Waals surface area (Å²) in [5.74, 6) is 0.798. The van der Waals surface area contributed by atoms with Crippen LogP contribution in [0.3, 0.4) is 0 Å². The number of nitrogens with zero attached hydrogens (tertiary/aromatic N) is 3. The second kappa shape index (κ2) is 5.49. The Hall–Kier alpha value is -1.47. The van der Waals surface area contributed by atoms with Crippen molar-refractivity contribution in [2.75, 3.05) is 13.1 Å². The highest BCUT2D eigenvalue weighted by Gasteiger charge is 2.30. The van der Waals surface area contributed by atoms with Gasteiger partial charge in [-0.25, -0.2) is 0 Å². The van der Waals surface area contributed by atoms with Gasteiger partial charge < -0.3 is 14.6 Å². The maximum atomic E-state index is 9.49. The Morgan fingerprint density at radius 1 is 1.20 bits per heavy atom. The van der Waals surface area contributed by atoms with E-state index in [4.69, 9.17) is 16.0 Å². The topological polar surface area (TPSA) is 82.6 Å². The summed E-state index contributed by atoms with van der Waals surface area (Å²) in [6.07, 6.45) is -1.44. The molecule has 6 nitrogen and oxygen atoms in total. The molecule has 0 radical (unpaired) electrons. The van der Waals surface area contributed by atoms with E-state index in [1.807, 2.05) is 23.1 Å². The molecule has 2 unspecified atom stereocenters. The number of hydrogen-bond acceptors (Lipinski definition) is 6. The van der Waals surface area contributed by atoms with Crippen LogP contribution in [0.1, 0.15) is 5.89 Å². The third-order valence-corrected chi connectivity index (χ3v) is 3.59. The van der Waals surface area contributed by atoms with Gasteiger partial charge in [-0.05, 0) is 12.1 Å². The summed E-state index contributed by atoms with van der Waals surface area (Å²) in [6.45, 7) is 1.18. The van der Waals surface area contributed by atoms with Crippen molar-refractivity contribution in [3.63, 3.8) is 0 Å². The van der Waals surface area contributed by atoms with Crippen molar-refractivity contribution >= 4 is 11.6 Å². The molecule has 2 atom stereocenters. The van der Waals surface area contributed by atoms with Crippen molar-refractivity contribution in [2.45, 2.75) is 18.8 Å². The van der Waals surface area contributed by atoms with E-state index in [0.29, 0.717) is 42.0 Å². The summed E-state index contributed by atoms with van der Waals surface area (Å²) in [5.41, 5.74) is 0.689. The maximum absolute atomic E-state index is 9.49.